The van der Waals surface area contributed by atoms with Gasteiger partial charge in [-0.15, -0.1) is 0 Å². The van der Waals surface area contributed by atoms with E-state index in [1.165, 1.54) is 25.7 Å². The topological polar surface area (TPSA) is 46.5 Å². The number of carbonyl (C=O) groups excluding carboxylic acids is 1. The average molecular weight is 182 g/mol. The van der Waals surface area contributed by atoms with Crippen molar-refractivity contribution in [1.82, 2.24) is 0 Å². The van der Waals surface area contributed by atoms with Gasteiger partial charge >= 0.3 is 5.97 Å². The number of carbonyl (C=O) groups is 1. The summed E-state index contributed by atoms with van der Waals surface area (Å²) in [5.41, 5.74) is -0.170. The maximum atomic E-state index is 11.2. The molecule has 72 valence electrons. The summed E-state index contributed by atoms with van der Waals surface area (Å²) in [4.78, 5) is 11.2. The lowest BCUT2D eigenvalue weighted by molar-refractivity contribution is -0.165. The summed E-state index contributed by atoms with van der Waals surface area (Å²) in [7, 11) is 0. The lowest BCUT2D eigenvalue weighted by Gasteiger charge is -2.29. The fourth-order valence-electron chi connectivity index (χ4n) is 2.88. The molecule has 0 aromatic heterocycles. The van der Waals surface area contributed by atoms with E-state index in [0.29, 0.717) is 18.3 Å². The number of aliphatic hydroxyl groups excluding tert-OH is 1. The minimum atomic E-state index is -0.806. The number of rotatable bonds is 2. The first-order chi connectivity index (χ1) is 6.23. The van der Waals surface area contributed by atoms with Gasteiger partial charge in [0, 0.05) is 5.41 Å². The monoisotopic (exact) mass is 182 g/mol. The summed E-state index contributed by atoms with van der Waals surface area (Å²) in [5, 5.41) is 9.79. The summed E-state index contributed by atoms with van der Waals surface area (Å²) in [5.74, 6) is 0.911. The van der Waals surface area contributed by atoms with Gasteiger partial charge in [0.2, 0.25) is 6.29 Å². The summed E-state index contributed by atoms with van der Waals surface area (Å²) >= 11 is 0. The Labute approximate surface area is 77.1 Å². The predicted octanol–water partition coefficient (Wildman–Crippen LogP) is 1.06. The molecule has 1 unspecified atom stereocenters. The first-order valence-electron chi connectivity index (χ1n) is 5.11. The van der Waals surface area contributed by atoms with Crippen molar-refractivity contribution in [1.29, 1.82) is 0 Å². The van der Waals surface area contributed by atoms with E-state index in [4.69, 9.17) is 4.74 Å². The van der Waals surface area contributed by atoms with E-state index in [1.807, 2.05) is 0 Å². The molecule has 3 aliphatic rings. The minimum Gasteiger partial charge on any atom is -0.435 e. The van der Waals surface area contributed by atoms with Crippen molar-refractivity contribution in [3.8, 4) is 0 Å². The maximum Gasteiger partial charge on any atom is 0.308 e. The highest BCUT2D eigenvalue weighted by molar-refractivity contribution is 5.73. The van der Waals surface area contributed by atoms with Gasteiger partial charge in [-0.25, -0.2) is 0 Å². The molecule has 1 saturated heterocycles. The molecule has 0 aromatic rings. The van der Waals surface area contributed by atoms with E-state index in [1.54, 1.807) is 0 Å². The van der Waals surface area contributed by atoms with Crippen LogP contribution >= 0.6 is 0 Å². The zero-order valence-corrected chi connectivity index (χ0v) is 7.53. The van der Waals surface area contributed by atoms with Crippen molar-refractivity contribution in [3.05, 3.63) is 0 Å². The Kier molecular flexibility index (Phi) is 1.36. The standard InChI is InChI=1S/C10H14O3/c11-8-5-10(6-1-2-6,7-3-4-7)9(12)13-8/h6-7,9,12H,1-5H2. The van der Waals surface area contributed by atoms with Crippen LogP contribution in [0.1, 0.15) is 32.1 Å². The second-order valence-corrected chi connectivity index (χ2v) is 4.68. The lowest BCUT2D eigenvalue weighted by atomic mass is 9.75. The van der Waals surface area contributed by atoms with Crippen molar-refractivity contribution >= 4 is 5.97 Å². The SMILES string of the molecule is O=C1CC(C2CC2)(C2CC2)C(O)O1. The lowest BCUT2D eigenvalue weighted by Crippen LogP contribution is -2.35. The molecule has 13 heavy (non-hydrogen) atoms. The number of hydrogen-bond acceptors (Lipinski definition) is 3. The molecule has 3 fully saturated rings. The van der Waals surface area contributed by atoms with Gasteiger partial charge in [-0.3, -0.25) is 4.79 Å². The minimum absolute atomic E-state index is 0.170. The van der Waals surface area contributed by atoms with Crippen molar-refractivity contribution in [2.75, 3.05) is 0 Å². The van der Waals surface area contributed by atoms with Crippen LogP contribution < -0.4 is 0 Å². The third-order valence-corrected chi connectivity index (χ3v) is 3.83. The number of esters is 1. The molecule has 0 bridgehead atoms. The van der Waals surface area contributed by atoms with Crippen LogP contribution in [0.25, 0.3) is 0 Å². The van der Waals surface area contributed by atoms with Gasteiger partial charge in [0.05, 0.1) is 6.42 Å². The molecule has 1 aliphatic heterocycles. The summed E-state index contributed by atoms with van der Waals surface area (Å²) in [6, 6.07) is 0. The molecule has 2 aliphatic carbocycles. The Morgan fingerprint density at radius 3 is 2.08 bits per heavy atom. The van der Waals surface area contributed by atoms with Gasteiger partial charge in [-0.2, -0.15) is 0 Å². The van der Waals surface area contributed by atoms with E-state index >= 15 is 0 Å². The predicted molar refractivity (Wildman–Crippen MR) is 44.6 cm³/mol. The van der Waals surface area contributed by atoms with Crippen LogP contribution in [0.15, 0.2) is 0 Å². The smallest absolute Gasteiger partial charge is 0.308 e. The van der Waals surface area contributed by atoms with Crippen molar-refractivity contribution in [2.45, 2.75) is 38.4 Å². The molecule has 3 rings (SSSR count). The van der Waals surface area contributed by atoms with Crippen LogP contribution in [0.2, 0.25) is 0 Å². The quantitative estimate of drug-likeness (QED) is 0.649. The number of aliphatic hydroxyl groups is 1. The van der Waals surface area contributed by atoms with Gasteiger partial charge in [-0.1, -0.05) is 0 Å². The van der Waals surface area contributed by atoms with E-state index in [2.05, 4.69) is 0 Å². The summed E-state index contributed by atoms with van der Waals surface area (Å²) in [6.07, 6.45) is 4.34. The normalized spacial score (nSPS) is 37.6. The Bertz CT molecular complexity index is 241. The average Bonchev–Trinajstić information content (AvgIpc) is 2.95. The zero-order valence-electron chi connectivity index (χ0n) is 7.53. The summed E-state index contributed by atoms with van der Waals surface area (Å²) in [6.45, 7) is 0. The molecule has 3 heteroatoms. The zero-order chi connectivity index (χ0) is 9.05. The molecule has 0 radical (unpaired) electrons. The largest absolute Gasteiger partial charge is 0.435 e. The fourth-order valence-corrected chi connectivity index (χ4v) is 2.88. The Morgan fingerprint density at radius 1 is 1.23 bits per heavy atom. The maximum absolute atomic E-state index is 11.2. The number of hydrogen-bond donors (Lipinski definition) is 1. The van der Waals surface area contributed by atoms with Gasteiger partial charge in [0.15, 0.2) is 0 Å². The van der Waals surface area contributed by atoms with Crippen molar-refractivity contribution < 1.29 is 14.6 Å². The third-order valence-electron chi connectivity index (χ3n) is 3.83. The molecule has 0 amide bonds. The van der Waals surface area contributed by atoms with Crippen molar-refractivity contribution in [3.63, 3.8) is 0 Å². The van der Waals surface area contributed by atoms with Crippen LogP contribution in [0.5, 0.6) is 0 Å². The van der Waals surface area contributed by atoms with Gasteiger partial charge < -0.3 is 9.84 Å². The Hall–Kier alpha value is -0.570. The van der Waals surface area contributed by atoms with Crippen LogP contribution in [-0.4, -0.2) is 17.4 Å². The number of ether oxygens (including phenoxy) is 1. The molecule has 0 aromatic carbocycles. The number of cyclic esters (lactones) is 1. The molecule has 3 nitrogen and oxygen atoms in total. The first kappa shape index (κ1) is 7.80. The van der Waals surface area contributed by atoms with E-state index in [-0.39, 0.29) is 11.4 Å². The molecule has 1 heterocycles. The fraction of sp³-hybridized carbons (Fsp3) is 0.900. The Morgan fingerprint density at radius 2 is 1.77 bits per heavy atom. The molecule has 2 saturated carbocycles. The van der Waals surface area contributed by atoms with Gasteiger partial charge in [-0.05, 0) is 37.5 Å². The highest BCUT2D eigenvalue weighted by Gasteiger charge is 2.63. The second-order valence-electron chi connectivity index (χ2n) is 4.68. The van der Waals surface area contributed by atoms with Crippen molar-refractivity contribution in [2.24, 2.45) is 17.3 Å². The molecule has 0 spiro atoms. The van der Waals surface area contributed by atoms with Gasteiger partial charge in [0.25, 0.3) is 0 Å². The second kappa shape index (κ2) is 2.27. The van der Waals surface area contributed by atoms with E-state index < -0.39 is 6.29 Å². The van der Waals surface area contributed by atoms with Gasteiger partial charge in [0.1, 0.15) is 0 Å². The summed E-state index contributed by atoms with van der Waals surface area (Å²) < 4.78 is 4.90. The molecule has 1 N–H and O–H groups in total. The highest BCUT2D eigenvalue weighted by atomic mass is 16.6. The van der Waals surface area contributed by atoms with Crippen LogP contribution in [0, 0.1) is 17.3 Å². The van der Waals surface area contributed by atoms with Crippen LogP contribution in [0.4, 0.5) is 0 Å². The molecular weight excluding hydrogens is 168 g/mol. The molecule has 1 atom stereocenters. The van der Waals surface area contributed by atoms with Crippen LogP contribution in [0.3, 0.4) is 0 Å². The highest BCUT2D eigenvalue weighted by Crippen LogP contribution is 2.63. The van der Waals surface area contributed by atoms with Crippen LogP contribution in [-0.2, 0) is 9.53 Å². The molecular formula is C10H14O3. The first-order valence-corrected chi connectivity index (χ1v) is 5.11. The Balaban J connectivity index is 1.92. The third kappa shape index (κ3) is 0.966. The van der Waals surface area contributed by atoms with E-state index in [9.17, 15) is 9.90 Å². The van der Waals surface area contributed by atoms with E-state index in [0.717, 1.165) is 0 Å².